The van der Waals surface area contributed by atoms with Crippen LogP contribution in [0.15, 0.2) is 30.3 Å². The Kier molecular flexibility index (Phi) is 4.79. The minimum atomic E-state index is -1.26. The zero-order chi connectivity index (χ0) is 25.5. The van der Waals surface area contributed by atoms with E-state index in [9.17, 15) is 24.5 Å². The molecule has 0 aliphatic carbocycles. The molecule has 0 saturated carbocycles. The van der Waals surface area contributed by atoms with Crippen LogP contribution >= 0.6 is 0 Å². The Morgan fingerprint density at radius 1 is 1.22 bits per heavy atom. The minimum Gasteiger partial charge on any atom is -0.490 e. The molecule has 0 aromatic heterocycles. The van der Waals surface area contributed by atoms with Crippen LogP contribution in [0.4, 0.5) is 17.1 Å². The van der Waals surface area contributed by atoms with Crippen molar-refractivity contribution in [3.63, 3.8) is 0 Å². The van der Waals surface area contributed by atoms with Crippen molar-refractivity contribution in [3.05, 3.63) is 57.1 Å². The molecule has 4 aliphatic rings. The van der Waals surface area contributed by atoms with Gasteiger partial charge in [-0.05, 0) is 43.9 Å². The van der Waals surface area contributed by atoms with Crippen LogP contribution in [0.1, 0.15) is 36.5 Å². The highest BCUT2D eigenvalue weighted by Crippen LogP contribution is 2.61. The smallest absolute Gasteiger partial charge is 0.311 e. The zero-order valence-electron chi connectivity index (χ0n) is 20.2. The van der Waals surface area contributed by atoms with Gasteiger partial charge in [0.15, 0.2) is 5.75 Å². The van der Waals surface area contributed by atoms with Gasteiger partial charge in [0.25, 0.3) is 0 Å². The SMILES string of the molecule is CCc1cccc2c1NC(=O)[C@]21[C@@H]2C(=O)N(c3cc(OC)c([N+](=O)[O-])cc3C)C(=O)[C@@H]2[C@H]2CCCN21. The largest absolute Gasteiger partial charge is 0.490 e. The number of nitro groups is 1. The first-order valence-corrected chi connectivity index (χ1v) is 12.2. The average Bonchev–Trinajstić information content (AvgIpc) is 3.57. The number of hydrogen-bond donors (Lipinski definition) is 1. The van der Waals surface area contributed by atoms with Gasteiger partial charge in [0.2, 0.25) is 17.7 Å². The molecule has 1 spiro atoms. The van der Waals surface area contributed by atoms with Crippen molar-refractivity contribution in [1.82, 2.24) is 4.90 Å². The van der Waals surface area contributed by atoms with E-state index < -0.39 is 28.2 Å². The number of carbonyl (C=O) groups is 3. The Hall–Kier alpha value is -3.79. The number of aryl methyl sites for hydroxylation is 2. The molecule has 1 N–H and O–H groups in total. The molecule has 0 bridgehead atoms. The summed E-state index contributed by atoms with van der Waals surface area (Å²) in [5, 5.41) is 14.5. The molecule has 0 radical (unpaired) electrons. The quantitative estimate of drug-likeness (QED) is 0.397. The number of methoxy groups -OCH3 is 1. The zero-order valence-corrected chi connectivity index (χ0v) is 20.2. The van der Waals surface area contributed by atoms with Crippen LogP contribution in [0, 0.1) is 28.9 Å². The topological polar surface area (TPSA) is 122 Å². The summed E-state index contributed by atoms with van der Waals surface area (Å²) in [5.74, 6) is -2.69. The molecular formula is C26H26N4O6. The Balaban J connectivity index is 1.54. The maximum atomic E-state index is 14.2. The van der Waals surface area contributed by atoms with Gasteiger partial charge >= 0.3 is 5.69 Å². The Bertz CT molecular complexity index is 1370. The lowest BCUT2D eigenvalue weighted by atomic mass is 9.75. The summed E-state index contributed by atoms with van der Waals surface area (Å²) >= 11 is 0. The first-order chi connectivity index (χ1) is 17.3. The fraction of sp³-hybridized carbons (Fsp3) is 0.423. The summed E-state index contributed by atoms with van der Waals surface area (Å²) in [4.78, 5) is 56.2. The molecule has 4 aliphatic heterocycles. The van der Waals surface area contributed by atoms with E-state index >= 15 is 0 Å². The summed E-state index contributed by atoms with van der Waals surface area (Å²) in [7, 11) is 1.31. The van der Waals surface area contributed by atoms with Crippen LogP contribution < -0.4 is 15.0 Å². The second-order valence-corrected chi connectivity index (χ2v) is 9.90. The lowest BCUT2D eigenvalue weighted by Crippen LogP contribution is -2.54. The number of nitro benzene ring substituents is 1. The van der Waals surface area contributed by atoms with Crippen LogP contribution in [0.3, 0.4) is 0 Å². The summed E-state index contributed by atoms with van der Waals surface area (Å²) in [5.41, 5.74) is 1.64. The maximum absolute atomic E-state index is 14.2. The molecule has 3 saturated heterocycles. The van der Waals surface area contributed by atoms with Crippen LogP contribution in [-0.4, -0.2) is 47.2 Å². The highest BCUT2D eigenvalue weighted by molar-refractivity contribution is 6.26. The van der Waals surface area contributed by atoms with Gasteiger partial charge < -0.3 is 10.1 Å². The van der Waals surface area contributed by atoms with Crippen LogP contribution in [-0.2, 0) is 26.3 Å². The predicted molar refractivity (Wildman–Crippen MR) is 130 cm³/mol. The fourth-order valence-electron chi connectivity index (χ4n) is 7.03. The maximum Gasteiger partial charge on any atom is 0.311 e. The molecule has 2 aromatic rings. The van der Waals surface area contributed by atoms with Crippen molar-refractivity contribution in [2.45, 2.75) is 44.7 Å². The predicted octanol–water partition coefficient (Wildman–Crippen LogP) is 2.91. The van der Waals surface area contributed by atoms with E-state index in [1.165, 1.54) is 19.2 Å². The van der Waals surface area contributed by atoms with Gasteiger partial charge in [0, 0.05) is 29.4 Å². The Morgan fingerprint density at radius 2 is 2.00 bits per heavy atom. The molecule has 3 amide bonds. The summed E-state index contributed by atoms with van der Waals surface area (Å²) in [6, 6.07) is 8.21. The second-order valence-electron chi connectivity index (χ2n) is 9.90. The molecule has 36 heavy (non-hydrogen) atoms. The van der Waals surface area contributed by atoms with Crippen molar-refractivity contribution >= 4 is 34.8 Å². The van der Waals surface area contributed by atoms with E-state index in [0.717, 1.165) is 34.6 Å². The number of imide groups is 1. The molecular weight excluding hydrogens is 464 g/mol. The standard InChI is InChI=1S/C26H26N4O6/c1-4-14-7-5-8-15-22(14)27-25(33)26(15)21-20(16-9-6-10-28(16)26)23(31)29(24(21)32)17-12-19(36-3)18(30(34)35)11-13(17)2/h5,7-8,11-12,16,20-21H,4,6,9-10H2,1-3H3,(H,27,33)/t16-,20-,21+,26-/m1/s1. The van der Waals surface area contributed by atoms with E-state index in [0.29, 0.717) is 18.5 Å². The third-order valence-corrected chi connectivity index (χ3v) is 8.43. The number of carbonyl (C=O) groups excluding carboxylic acids is 3. The highest BCUT2D eigenvalue weighted by atomic mass is 16.6. The number of anilines is 2. The molecule has 10 heteroatoms. The van der Waals surface area contributed by atoms with Gasteiger partial charge in [-0.1, -0.05) is 25.1 Å². The normalized spacial score (nSPS) is 28.5. The molecule has 2 aromatic carbocycles. The number of ether oxygens (including phenoxy) is 1. The second kappa shape index (κ2) is 7.60. The van der Waals surface area contributed by atoms with Crippen molar-refractivity contribution in [3.8, 4) is 5.75 Å². The van der Waals surface area contributed by atoms with E-state index in [-0.39, 0.29) is 35.0 Å². The molecule has 4 atom stereocenters. The Labute approximate surface area is 207 Å². The van der Waals surface area contributed by atoms with Crippen molar-refractivity contribution in [2.75, 3.05) is 23.9 Å². The van der Waals surface area contributed by atoms with Crippen molar-refractivity contribution in [2.24, 2.45) is 11.8 Å². The summed E-state index contributed by atoms with van der Waals surface area (Å²) < 4.78 is 5.21. The summed E-state index contributed by atoms with van der Waals surface area (Å²) in [6.07, 6.45) is 2.27. The third kappa shape index (κ3) is 2.57. The van der Waals surface area contributed by atoms with Gasteiger partial charge in [-0.15, -0.1) is 0 Å². The molecule has 3 fully saturated rings. The van der Waals surface area contributed by atoms with Crippen LogP contribution in [0.25, 0.3) is 0 Å². The molecule has 6 rings (SSSR count). The number of nitrogens with one attached hydrogen (secondary N) is 1. The lowest BCUT2D eigenvalue weighted by molar-refractivity contribution is -0.385. The highest BCUT2D eigenvalue weighted by Gasteiger charge is 2.74. The number of nitrogens with zero attached hydrogens (tertiary/aromatic N) is 3. The van der Waals surface area contributed by atoms with Crippen LogP contribution in [0.5, 0.6) is 5.75 Å². The van der Waals surface area contributed by atoms with E-state index in [1.807, 2.05) is 25.1 Å². The van der Waals surface area contributed by atoms with Gasteiger partial charge in [-0.2, -0.15) is 0 Å². The summed E-state index contributed by atoms with van der Waals surface area (Å²) in [6.45, 7) is 4.27. The van der Waals surface area contributed by atoms with E-state index in [2.05, 4.69) is 10.2 Å². The van der Waals surface area contributed by atoms with Gasteiger partial charge in [-0.25, -0.2) is 4.90 Å². The number of fused-ring (bicyclic) bond motifs is 7. The van der Waals surface area contributed by atoms with Gasteiger partial charge in [0.05, 0.1) is 29.6 Å². The third-order valence-electron chi connectivity index (χ3n) is 8.43. The fourth-order valence-corrected chi connectivity index (χ4v) is 7.03. The van der Waals surface area contributed by atoms with E-state index in [1.54, 1.807) is 6.92 Å². The number of amides is 3. The minimum absolute atomic E-state index is 0.0352. The van der Waals surface area contributed by atoms with Gasteiger partial charge in [-0.3, -0.25) is 29.4 Å². The molecule has 0 unspecified atom stereocenters. The first-order valence-electron chi connectivity index (χ1n) is 12.2. The van der Waals surface area contributed by atoms with Crippen molar-refractivity contribution in [1.29, 1.82) is 0 Å². The lowest BCUT2D eigenvalue weighted by Gasteiger charge is -2.36. The average molecular weight is 491 g/mol. The number of rotatable bonds is 4. The Morgan fingerprint density at radius 3 is 2.69 bits per heavy atom. The van der Waals surface area contributed by atoms with Gasteiger partial charge in [0.1, 0.15) is 5.54 Å². The van der Waals surface area contributed by atoms with Crippen molar-refractivity contribution < 1.29 is 24.0 Å². The molecule has 186 valence electrons. The number of hydrogen-bond acceptors (Lipinski definition) is 7. The monoisotopic (exact) mass is 490 g/mol. The number of para-hydroxylation sites is 1. The van der Waals surface area contributed by atoms with Crippen LogP contribution in [0.2, 0.25) is 0 Å². The van der Waals surface area contributed by atoms with E-state index in [4.69, 9.17) is 4.74 Å². The number of benzene rings is 2. The molecule has 4 heterocycles. The first kappa shape index (κ1) is 22.7. The molecule has 10 nitrogen and oxygen atoms in total.